The second kappa shape index (κ2) is 8.49. The molecule has 1 fully saturated rings. The summed E-state index contributed by atoms with van der Waals surface area (Å²) >= 11 is 0. The van der Waals surface area contributed by atoms with Gasteiger partial charge in [0.25, 0.3) is 5.91 Å². The molecule has 2 aromatic rings. The van der Waals surface area contributed by atoms with E-state index in [1.165, 1.54) is 25.3 Å². The molecular weight excluding hydrogens is 380 g/mol. The highest BCUT2D eigenvalue weighted by atomic mass is 32.2. The van der Waals surface area contributed by atoms with Crippen molar-refractivity contribution in [3.63, 3.8) is 0 Å². The van der Waals surface area contributed by atoms with Crippen molar-refractivity contribution in [2.75, 3.05) is 18.4 Å². The number of piperidine rings is 1. The van der Waals surface area contributed by atoms with E-state index >= 15 is 0 Å². The van der Waals surface area contributed by atoms with E-state index in [-0.39, 0.29) is 22.8 Å². The van der Waals surface area contributed by atoms with Crippen molar-refractivity contribution in [3.8, 4) is 0 Å². The lowest BCUT2D eigenvalue weighted by atomic mass is 10.1. The number of rotatable bonds is 5. The first kappa shape index (κ1) is 20.0. The first-order chi connectivity index (χ1) is 13.3. The molecule has 0 unspecified atom stereocenters. The summed E-state index contributed by atoms with van der Waals surface area (Å²) in [6.07, 6.45) is 4.21. The maximum absolute atomic E-state index is 12.6. The van der Waals surface area contributed by atoms with Crippen LogP contribution in [0.4, 0.5) is 5.69 Å². The molecule has 0 spiro atoms. The van der Waals surface area contributed by atoms with E-state index in [0.717, 1.165) is 0 Å². The third kappa shape index (κ3) is 4.93. The van der Waals surface area contributed by atoms with Gasteiger partial charge in [-0.25, -0.2) is 13.1 Å². The van der Waals surface area contributed by atoms with Gasteiger partial charge in [0.15, 0.2) is 0 Å². The molecule has 1 aliphatic heterocycles. The molecule has 2 N–H and O–H groups in total. The summed E-state index contributed by atoms with van der Waals surface area (Å²) in [6, 6.07) is 9.19. The van der Waals surface area contributed by atoms with Crippen LogP contribution in [-0.4, -0.2) is 49.2 Å². The molecule has 1 aromatic heterocycles. The van der Waals surface area contributed by atoms with Crippen molar-refractivity contribution in [2.45, 2.75) is 30.7 Å². The molecule has 1 aromatic carbocycles. The van der Waals surface area contributed by atoms with Crippen molar-refractivity contribution in [1.82, 2.24) is 14.6 Å². The molecule has 0 radical (unpaired) electrons. The average molecular weight is 402 g/mol. The summed E-state index contributed by atoms with van der Waals surface area (Å²) in [5.41, 5.74) is 1.06. The predicted octanol–water partition coefficient (Wildman–Crippen LogP) is 1.62. The third-order valence-corrected chi connectivity index (χ3v) is 6.03. The number of hydrogen-bond donors (Lipinski definition) is 2. The number of nitrogens with zero attached hydrogens (tertiary/aromatic N) is 2. The van der Waals surface area contributed by atoms with Crippen LogP contribution < -0.4 is 10.0 Å². The molecular formula is C19H22N4O4S. The Morgan fingerprint density at radius 3 is 2.36 bits per heavy atom. The summed E-state index contributed by atoms with van der Waals surface area (Å²) in [4.78, 5) is 29.3. The molecule has 3 rings (SSSR count). The lowest BCUT2D eigenvalue weighted by molar-refractivity contribution is -0.114. The number of hydrogen-bond acceptors (Lipinski definition) is 5. The number of likely N-dealkylation sites (tertiary alicyclic amines) is 1. The van der Waals surface area contributed by atoms with Crippen molar-refractivity contribution < 1.29 is 18.0 Å². The molecule has 2 heterocycles. The van der Waals surface area contributed by atoms with Gasteiger partial charge in [0.1, 0.15) is 0 Å². The van der Waals surface area contributed by atoms with Crippen molar-refractivity contribution in [1.29, 1.82) is 0 Å². The van der Waals surface area contributed by atoms with Crippen molar-refractivity contribution in [3.05, 3.63) is 54.4 Å². The second-order valence-corrected chi connectivity index (χ2v) is 8.35. The Morgan fingerprint density at radius 2 is 1.79 bits per heavy atom. The number of pyridine rings is 1. The normalized spacial score (nSPS) is 15.2. The quantitative estimate of drug-likeness (QED) is 0.790. The highest BCUT2D eigenvalue weighted by Crippen LogP contribution is 2.18. The zero-order chi connectivity index (χ0) is 20.1. The topological polar surface area (TPSA) is 108 Å². The van der Waals surface area contributed by atoms with Gasteiger partial charge in [-0.2, -0.15) is 0 Å². The Morgan fingerprint density at radius 1 is 1.11 bits per heavy atom. The maximum Gasteiger partial charge on any atom is 0.255 e. The van der Waals surface area contributed by atoms with Crippen LogP contribution >= 0.6 is 0 Å². The molecule has 1 aliphatic rings. The maximum atomic E-state index is 12.6. The number of nitrogens with one attached hydrogen (secondary N) is 2. The monoisotopic (exact) mass is 402 g/mol. The summed E-state index contributed by atoms with van der Waals surface area (Å²) in [7, 11) is -3.67. The molecule has 28 heavy (non-hydrogen) atoms. The molecule has 1 saturated heterocycles. The van der Waals surface area contributed by atoms with E-state index in [1.54, 1.807) is 35.4 Å². The Labute approximate surface area is 164 Å². The fraction of sp³-hybridized carbons (Fsp3) is 0.316. The number of anilines is 1. The van der Waals surface area contributed by atoms with Gasteiger partial charge >= 0.3 is 0 Å². The number of sulfonamides is 1. The van der Waals surface area contributed by atoms with Gasteiger partial charge in [-0.3, -0.25) is 14.6 Å². The van der Waals surface area contributed by atoms with Gasteiger partial charge in [0.05, 0.1) is 10.5 Å². The molecule has 0 aliphatic carbocycles. The van der Waals surface area contributed by atoms with Gasteiger partial charge in [0, 0.05) is 44.1 Å². The van der Waals surface area contributed by atoms with E-state index in [2.05, 4.69) is 15.0 Å². The van der Waals surface area contributed by atoms with Gasteiger partial charge in [-0.15, -0.1) is 0 Å². The van der Waals surface area contributed by atoms with E-state index in [4.69, 9.17) is 0 Å². The Bertz CT molecular complexity index is 938. The zero-order valence-electron chi connectivity index (χ0n) is 15.5. The highest BCUT2D eigenvalue weighted by Gasteiger charge is 2.27. The Kier molecular flexibility index (Phi) is 6.05. The fourth-order valence-electron chi connectivity index (χ4n) is 3.08. The Hall–Kier alpha value is -2.78. The lowest BCUT2D eigenvalue weighted by Crippen LogP contribution is -2.46. The van der Waals surface area contributed by atoms with Crippen LogP contribution in [0.1, 0.15) is 30.1 Å². The molecule has 0 atom stereocenters. The number of amides is 2. The molecule has 2 amide bonds. The second-order valence-electron chi connectivity index (χ2n) is 6.64. The number of aromatic nitrogens is 1. The van der Waals surface area contributed by atoms with Gasteiger partial charge in [-0.05, 0) is 49.2 Å². The molecule has 0 saturated carbocycles. The van der Waals surface area contributed by atoms with Crippen LogP contribution in [0.25, 0.3) is 0 Å². The fourth-order valence-corrected chi connectivity index (χ4v) is 4.39. The minimum Gasteiger partial charge on any atom is -0.338 e. The first-order valence-corrected chi connectivity index (χ1v) is 10.4. The third-order valence-electron chi connectivity index (χ3n) is 4.50. The van der Waals surface area contributed by atoms with Crippen LogP contribution in [0.5, 0.6) is 0 Å². The summed E-state index contributed by atoms with van der Waals surface area (Å²) in [5, 5.41) is 2.60. The molecule has 148 valence electrons. The highest BCUT2D eigenvalue weighted by molar-refractivity contribution is 7.89. The predicted molar refractivity (Wildman–Crippen MR) is 104 cm³/mol. The molecule has 9 heteroatoms. The summed E-state index contributed by atoms with van der Waals surface area (Å²) < 4.78 is 27.9. The standard InChI is InChI=1S/C19H22N4O4S/c1-14(24)21-16-4-6-18(7-5-16)28(26,27)22-17-8-11-23(12-9-17)19(25)15-3-2-10-20-13-15/h2-7,10,13,17,22H,8-9,11-12H2,1H3,(H,21,24). The first-order valence-electron chi connectivity index (χ1n) is 8.94. The lowest BCUT2D eigenvalue weighted by Gasteiger charge is -2.32. The zero-order valence-corrected chi connectivity index (χ0v) is 16.3. The largest absolute Gasteiger partial charge is 0.338 e. The number of benzene rings is 1. The molecule has 8 nitrogen and oxygen atoms in total. The van der Waals surface area contributed by atoms with E-state index < -0.39 is 10.0 Å². The SMILES string of the molecule is CC(=O)Nc1ccc(S(=O)(=O)NC2CCN(C(=O)c3cccnc3)CC2)cc1. The van der Waals surface area contributed by atoms with Gasteiger partial charge in [0.2, 0.25) is 15.9 Å². The van der Waals surface area contributed by atoms with E-state index in [1.807, 2.05) is 0 Å². The van der Waals surface area contributed by atoms with Gasteiger partial charge < -0.3 is 10.2 Å². The minimum atomic E-state index is -3.67. The van der Waals surface area contributed by atoms with Crippen LogP contribution in [0.15, 0.2) is 53.7 Å². The average Bonchev–Trinajstić information content (AvgIpc) is 2.68. The van der Waals surface area contributed by atoms with Gasteiger partial charge in [-0.1, -0.05) is 0 Å². The molecule has 0 bridgehead atoms. The summed E-state index contributed by atoms with van der Waals surface area (Å²) in [6.45, 7) is 2.34. The van der Waals surface area contributed by atoms with Crippen LogP contribution in [0.3, 0.4) is 0 Å². The van der Waals surface area contributed by atoms with E-state index in [9.17, 15) is 18.0 Å². The van der Waals surface area contributed by atoms with Crippen LogP contribution in [0.2, 0.25) is 0 Å². The van der Waals surface area contributed by atoms with Crippen molar-refractivity contribution in [2.24, 2.45) is 0 Å². The number of carbonyl (C=O) groups excluding carboxylic acids is 2. The Balaban J connectivity index is 1.57. The van der Waals surface area contributed by atoms with Crippen molar-refractivity contribution >= 4 is 27.5 Å². The van der Waals surface area contributed by atoms with Crippen LogP contribution in [-0.2, 0) is 14.8 Å². The summed E-state index contributed by atoms with van der Waals surface area (Å²) in [5.74, 6) is -0.315. The number of carbonyl (C=O) groups is 2. The van der Waals surface area contributed by atoms with Crippen LogP contribution in [0, 0.1) is 0 Å². The smallest absolute Gasteiger partial charge is 0.255 e. The minimum absolute atomic E-state index is 0.0945. The van der Waals surface area contributed by atoms with E-state index in [0.29, 0.717) is 37.2 Å².